The number of nitrogens with one attached hydrogen (secondary N) is 1. The summed E-state index contributed by atoms with van der Waals surface area (Å²) < 4.78 is 5.40. The van der Waals surface area contributed by atoms with Crippen LogP contribution in [0.3, 0.4) is 0 Å². The third-order valence-electron chi connectivity index (χ3n) is 3.28. The molecular formula is C18H14Cl2N2O2S. The molecule has 1 saturated heterocycles. The number of nitrogens with zero attached hydrogens (tertiary/aromatic N) is 1. The van der Waals surface area contributed by atoms with E-state index in [9.17, 15) is 4.79 Å². The molecule has 7 heteroatoms. The van der Waals surface area contributed by atoms with E-state index in [1.165, 1.54) is 11.8 Å². The van der Waals surface area contributed by atoms with Crippen LogP contribution in [0.15, 0.2) is 52.4 Å². The van der Waals surface area contributed by atoms with Crippen LogP contribution in [-0.2, 0) is 4.79 Å². The maximum absolute atomic E-state index is 12.1. The highest BCUT2D eigenvalue weighted by molar-refractivity contribution is 8.18. The highest BCUT2D eigenvalue weighted by Gasteiger charge is 2.24. The molecule has 0 radical (unpaired) electrons. The van der Waals surface area contributed by atoms with Crippen molar-refractivity contribution in [3.05, 3.63) is 63.0 Å². The summed E-state index contributed by atoms with van der Waals surface area (Å²) in [5, 5.41) is 4.31. The maximum Gasteiger partial charge on any atom is 0.264 e. The summed E-state index contributed by atoms with van der Waals surface area (Å²) in [6, 6.07) is 12.5. The van der Waals surface area contributed by atoms with E-state index < -0.39 is 0 Å². The minimum Gasteiger partial charge on any atom is -0.494 e. The number of thioether (sulfide) groups is 1. The van der Waals surface area contributed by atoms with Gasteiger partial charge < -0.3 is 10.1 Å². The molecule has 0 saturated carbocycles. The monoisotopic (exact) mass is 392 g/mol. The van der Waals surface area contributed by atoms with E-state index in [0.29, 0.717) is 26.7 Å². The van der Waals surface area contributed by atoms with Gasteiger partial charge in [-0.2, -0.15) is 0 Å². The summed E-state index contributed by atoms with van der Waals surface area (Å²) in [7, 11) is 0. The van der Waals surface area contributed by atoms with Crippen molar-refractivity contribution in [2.75, 3.05) is 6.61 Å². The Morgan fingerprint density at radius 1 is 1.20 bits per heavy atom. The first-order valence-electron chi connectivity index (χ1n) is 7.52. The first-order chi connectivity index (χ1) is 12.0. The number of carbonyl (C=O) groups is 1. The lowest BCUT2D eigenvalue weighted by molar-refractivity contribution is -0.115. The molecule has 128 valence electrons. The molecular weight excluding hydrogens is 379 g/mol. The van der Waals surface area contributed by atoms with Gasteiger partial charge in [-0.1, -0.05) is 29.3 Å². The minimum absolute atomic E-state index is 0.208. The molecule has 1 N–H and O–H groups in total. The zero-order valence-electron chi connectivity index (χ0n) is 13.3. The molecule has 4 nitrogen and oxygen atoms in total. The second kappa shape index (κ2) is 7.95. The predicted molar refractivity (Wildman–Crippen MR) is 105 cm³/mol. The Balaban J connectivity index is 1.78. The van der Waals surface area contributed by atoms with Gasteiger partial charge in [-0.3, -0.25) is 4.79 Å². The second-order valence-electron chi connectivity index (χ2n) is 5.07. The molecule has 2 aromatic carbocycles. The summed E-state index contributed by atoms with van der Waals surface area (Å²) >= 11 is 13.3. The van der Waals surface area contributed by atoms with Crippen molar-refractivity contribution in [1.82, 2.24) is 5.32 Å². The molecule has 0 aliphatic carbocycles. The average molecular weight is 393 g/mol. The van der Waals surface area contributed by atoms with Gasteiger partial charge in [-0.05, 0) is 66.7 Å². The van der Waals surface area contributed by atoms with Crippen LogP contribution in [0, 0.1) is 0 Å². The smallest absolute Gasteiger partial charge is 0.264 e. The van der Waals surface area contributed by atoms with Crippen molar-refractivity contribution < 1.29 is 9.53 Å². The molecule has 0 bridgehead atoms. The Kier molecular flexibility index (Phi) is 5.68. The van der Waals surface area contributed by atoms with Crippen molar-refractivity contribution in [2.24, 2.45) is 4.99 Å². The van der Waals surface area contributed by atoms with E-state index in [4.69, 9.17) is 27.9 Å². The molecule has 0 unspecified atom stereocenters. The van der Waals surface area contributed by atoms with Gasteiger partial charge >= 0.3 is 0 Å². The number of benzene rings is 2. The fraction of sp³-hybridized carbons (Fsp3) is 0.111. The van der Waals surface area contributed by atoms with Crippen molar-refractivity contribution in [3.63, 3.8) is 0 Å². The number of amides is 1. The van der Waals surface area contributed by atoms with Crippen LogP contribution in [-0.4, -0.2) is 17.7 Å². The lowest BCUT2D eigenvalue weighted by Crippen LogP contribution is -2.19. The standard InChI is InChI=1S/C18H14Cl2N2O2S/c1-2-24-14-7-5-13(6-8-14)21-18-22-17(23)16(25-18)9-11-3-4-12(19)10-15(11)20/h3-10H,2H2,1H3,(H,21,22,23)/b16-9+. The zero-order valence-corrected chi connectivity index (χ0v) is 15.6. The number of rotatable bonds is 4. The van der Waals surface area contributed by atoms with Crippen LogP contribution in [0.1, 0.15) is 12.5 Å². The lowest BCUT2D eigenvalue weighted by Gasteiger charge is -2.02. The third kappa shape index (κ3) is 4.57. The Labute approximate surface area is 159 Å². The Hall–Kier alpha value is -1.95. The van der Waals surface area contributed by atoms with Crippen LogP contribution in [0.25, 0.3) is 6.08 Å². The summed E-state index contributed by atoms with van der Waals surface area (Å²) in [6.07, 6.45) is 1.72. The van der Waals surface area contributed by atoms with Gasteiger partial charge in [0.15, 0.2) is 5.17 Å². The van der Waals surface area contributed by atoms with E-state index in [1.807, 2.05) is 31.2 Å². The van der Waals surface area contributed by atoms with Gasteiger partial charge in [0.2, 0.25) is 0 Å². The van der Waals surface area contributed by atoms with Gasteiger partial charge in [0.05, 0.1) is 17.2 Å². The van der Waals surface area contributed by atoms with Crippen molar-refractivity contribution >= 4 is 57.8 Å². The normalized spacial score (nSPS) is 17.2. The highest BCUT2D eigenvalue weighted by Crippen LogP contribution is 2.31. The minimum atomic E-state index is -0.208. The van der Waals surface area contributed by atoms with E-state index in [2.05, 4.69) is 10.3 Å². The van der Waals surface area contributed by atoms with Gasteiger partial charge in [-0.25, -0.2) is 4.99 Å². The Morgan fingerprint density at radius 2 is 1.96 bits per heavy atom. The number of ether oxygens (including phenoxy) is 1. The van der Waals surface area contributed by atoms with Gasteiger partial charge in [0.25, 0.3) is 5.91 Å². The van der Waals surface area contributed by atoms with Gasteiger partial charge in [-0.15, -0.1) is 0 Å². The van der Waals surface area contributed by atoms with E-state index >= 15 is 0 Å². The number of amidine groups is 1. The fourth-order valence-corrected chi connectivity index (χ4v) is 3.44. The average Bonchev–Trinajstić information content (AvgIpc) is 2.92. The second-order valence-corrected chi connectivity index (χ2v) is 6.95. The Morgan fingerprint density at radius 3 is 2.64 bits per heavy atom. The van der Waals surface area contributed by atoms with Crippen LogP contribution < -0.4 is 10.1 Å². The van der Waals surface area contributed by atoms with E-state index in [0.717, 1.165) is 17.0 Å². The molecule has 3 rings (SSSR count). The highest BCUT2D eigenvalue weighted by atomic mass is 35.5. The van der Waals surface area contributed by atoms with E-state index in [1.54, 1.807) is 24.3 Å². The quantitative estimate of drug-likeness (QED) is 0.719. The van der Waals surface area contributed by atoms with Gasteiger partial charge in [0, 0.05) is 10.0 Å². The van der Waals surface area contributed by atoms with Crippen molar-refractivity contribution in [2.45, 2.75) is 6.92 Å². The zero-order chi connectivity index (χ0) is 17.8. The largest absolute Gasteiger partial charge is 0.494 e. The molecule has 25 heavy (non-hydrogen) atoms. The van der Waals surface area contributed by atoms with Crippen LogP contribution in [0.4, 0.5) is 5.69 Å². The number of halogens is 2. The predicted octanol–water partition coefficient (Wildman–Crippen LogP) is 5.28. The number of hydrogen-bond acceptors (Lipinski definition) is 4. The first-order valence-corrected chi connectivity index (χ1v) is 9.10. The molecule has 1 aliphatic rings. The molecule has 2 aromatic rings. The summed E-state index contributed by atoms with van der Waals surface area (Å²) in [4.78, 5) is 17.1. The number of aliphatic imine (C=N–C) groups is 1. The summed E-state index contributed by atoms with van der Waals surface area (Å²) in [5.41, 5.74) is 1.46. The molecule has 1 heterocycles. The van der Waals surface area contributed by atoms with Crippen LogP contribution in [0.2, 0.25) is 10.0 Å². The number of carbonyl (C=O) groups excluding carboxylic acids is 1. The molecule has 1 amide bonds. The summed E-state index contributed by atoms with van der Waals surface area (Å²) in [5.74, 6) is 0.577. The third-order valence-corrected chi connectivity index (χ3v) is 4.75. The molecule has 1 fully saturated rings. The topological polar surface area (TPSA) is 50.7 Å². The fourth-order valence-electron chi connectivity index (χ4n) is 2.14. The molecule has 0 spiro atoms. The van der Waals surface area contributed by atoms with Crippen LogP contribution in [0.5, 0.6) is 5.75 Å². The molecule has 0 atom stereocenters. The molecule has 0 aromatic heterocycles. The van der Waals surface area contributed by atoms with Gasteiger partial charge in [0.1, 0.15) is 5.75 Å². The SMILES string of the molecule is CCOc1ccc(N=C2NC(=O)/C(=C\c3ccc(Cl)cc3Cl)S2)cc1. The first kappa shape index (κ1) is 17.9. The van der Waals surface area contributed by atoms with E-state index in [-0.39, 0.29) is 5.91 Å². The Bertz CT molecular complexity index is 864. The summed E-state index contributed by atoms with van der Waals surface area (Å²) in [6.45, 7) is 2.54. The van der Waals surface area contributed by atoms with Crippen LogP contribution >= 0.6 is 35.0 Å². The maximum atomic E-state index is 12.1. The van der Waals surface area contributed by atoms with Crippen molar-refractivity contribution in [3.8, 4) is 5.75 Å². The van der Waals surface area contributed by atoms with Crippen molar-refractivity contribution in [1.29, 1.82) is 0 Å². The lowest BCUT2D eigenvalue weighted by atomic mass is 10.2. The number of hydrogen-bond donors (Lipinski definition) is 1. The molecule has 1 aliphatic heterocycles.